The maximum atomic E-state index is 5.14. The second-order valence-corrected chi connectivity index (χ2v) is 4.68. The molecular formula is C14H21N3O. The molecule has 0 spiro atoms. The molecular weight excluding hydrogens is 226 g/mol. The Morgan fingerprint density at radius 3 is 2.89 bits per heavy atom. The number of aromatic nitrogens is 2. The summed E-state index contributed by atoms with van der Waals surface area (Å²) >= 11 is 0. The molecule has 0 bridgehead atoms. The number of nitrogens with zero attached hydrogens (tertiary/aromatic N) is 2. The lowest BCUT2D eigenvalue weighted by Crippen LogP contribution is -2.26. The van der Waals surface area contributed by atoms with Crippen molar-refractivity contribution in [3.05, 3.63) is 41.6 Å². The summed E-state index contributed by atoms with van der Waals surface area (Å²) in [6, 6.07) is 4.45. The van der Waals surface area contributed by atoms with Gasteiger partial charge >= 0.3 is 0 Å². The minimum Gasteiger partial charge on any atom is -0.472 e. The van der Waals surface area contributed by atoms with Crippen molar-refractivity contribution >= 4 is 0 Å². The minimum atomic E-state index is 0.286. The van der Waals surface area contributed by atoms with Crippen LogP contribution >= 0.6 is 0 Å². The second-order valence-electron chi connectivity index (χ2n) is 4.68. The molecule has 4 nitrogen and oxygen atoms in total. The highest BCUT2D eigenvalue weighted by Gasteiger charge is 2.16. The van der Waals surface area contributed by atoms with Gasteiger partial charge in [-0.3, -0.25) is 4.68 Å². The fourth-order valence-corrected chi connectivity index (χ4v) is 2.20. The summed E-state index contributed by atoms with van der Waals surface area (Å²) in [6.45, 7) is 5.21. The van der Waals surface area contributed by atoms with Gasteiger partial charge in [0.2, 0.25) is 0 Å². The van der Waals surface area contributed by atoms with E-state index in [0.717, 1.165) is 25.1 Å². The van der Waals surface area contributed by atoms with Crippen LogP contribution in [-0.2, 0) is 13.5 Å². The van der Waals surface area contributed by atoms with Gasteiger partial charge in [0.25, 0.3) is 0 Å². The third-order valence-electron chi connectivity index (χ3n) is 3.06. The van der Waals surface area contributed by atoms with Crippen molar-refractivity contribution in [2.75, 3.05) is 6.54 Å². The van der Waals surface area contributed by atoms with Crippen LogP contribution in [0.15, 0.2) is 29.1 Å². The number of hydrogen-bond acceptors (Lipinski definition) is 3. The van der Waals surface area contributed by atoms with E-state index >= 15 is 0 Å². The van der Waals surface area contributed by atoms with Gasteiger partial charge in [-0.1, -0.05) is 6.92 Å². The Balaban J connectivity index is 2.16. The zero-order valence-electron chi connectivity index (χ0n) is 11.3. The zero-order chi connectivity index (χ0) is 13.0. The van der Waals surface area contributed by atoms with Crippen LogP contribution in [0, 0.1) is 6.92 Å². The van der Waals surface area contributed by atoms with Gasteiger partial charge in [-0.25, -0.2) is 0 Å². The highest BCUT2D eigenvalue weighted by atomic mass is 16.3. The Kier molecular flexibility index (Phi) is 4.20. The second kappa shape index (κ2) is 5.87. The molecule has 0 aliphatic rings. The van der Waals surface area contributed by atoms with E-state index in [4.69, 9.17) is 4.42 Å². The predicted octanol–water partition coefficient (Wildman–Crippen LogP) is 2.60. The molecule has 4 heteroatoms. The van der Waals surface area contributed by atoms with E-state index in [1.165, 1.54) is 11.3 Å². The van der Waals surface area contributed by atoms with Gasteiger partial charge in [0.1, 0.15) is 0 Å². The fraction of sp³-hybridized carbons (Fsp3) is 0.500. The van der Waals surface area contributed by atoms with Crippen molar-refractivity contribution < 1.29 is 4.42 Å². The molecule has 2 aromatic rings. The minimum absolute atomic E-state index is 0.286. The third-order valence-corrected chi connectivity index (χ3v) is 3.06. The Bertz CT molecular complexity index is 473. The summed E-state index contributed by atoms with van der Waals surface area (Å²) in [7, 11) is 2.00. The van der Waals surface area contributed by atoms with Crippen LogP contribution in [0.4, 0.5) is 0 Å². The molecule has 0 aromatic carbocycles. The molecule has 2 aromatic heterocycles. The topological polar surface area (TPSA) is 43.0 Å². The predicted molar refractivity (Wildman–Crippen MR) is 71.4 cm³/mol. The van der Waals surface area contributed by atoms with Crippen molar-refractivity contribution in [2.45, 2.75) is 32.7 Å². The number of hydrogen-bond donors (Lipinski definition) is 1. The standard InChI is InChI=1S/C14H21N3O/c1-4-6-15-13(9-12-5-7-18-10-12)14-8-11(2)16-17(14)3/h5,7-8,10,13,15H,4,6,9H2,1-3H3. The zero-order valence-corrected chi connectivity index (χ0v) is 11.3. The number of aryl methyl sites for hydroxylation is 2. The van der Waals surface area contributed by atoms with E-state index in [-0.39, 0.29) is 6.04 Å². The molecule has 2 heterocycles. The molecule has 2 rings (SSSR count). The van der Waals surface area contributed by atoms with Crippen molar-refractivity contribution in [1.29, 1.82) is 0 Å². The smallest absolute Gasteiger partial charge is 0.0935 e. The average molecular weight is 247 g/mol. The van der Waals surface area contributed by atoms with E-state index in [2.05, 4.69) is 23.4 Å². The molecule has 1 atom stereocenters. The first-order chi connectivity index (χ1) is 8.70. The first kappa shape index (κ1) is 12.9. The first-order valence-corrected chi connectivity index (χ1v) is 6.45. The van der Waals surface area contributed by atoms with E-state index in [0.29, 0.717) is 0 Å². The molecule has 18 heavy (non-hydrogen) atoms. The lowest BCUT2D eigenvalue weighted by molar-refractivity contribution is 0.489. The summed E-state index contributed by atoms with van der Waals surface area (Å²) < 4.78 is 7.10. The van der Waals surface area contributed by atoms with Gasteiger partial charge in [-0.05, 0) is 44.0 Å². The van der Waals surface area contributed by atoms with Gasteiger partial charge < -0.3 is 9.73 Å². The van der Waals surface area contributed by atoms with Crippen molar-refractivity contribution in [3.8, 4) is 0 Å². The van der Waals surface area contributed by atoms with Gasteiger partial charge in [0.05, 0.1) is 30.0 Å². The van der Waals surface area contributed by atoms with E-state index in [1.54, 1.807) is 6.26 Å². The summed E-state index contributed by atoms with van der Waals surface area (Å²) in [5.41, 5.74) is 3.49. The number of nitrogens with one attached hydrogen (secondary N) is 1. The summed E-state index contributed by atoms with van der Waals surface area (Å²) in [6.07, 6.45) is 5.58. The van der Waals surface area contributed by atoms with Gasteiger partial charge in [0.15, 0.2) is 0 Å². The van der Waals surface area contributed by atoms with Crippen LogP contribution in [0.5, 0.6) is 0 Å². The van der Waals surface area contributed by atoms with Crippen LogP contribution < -0.4 is 5.32 Å². The Hall–Kier alpha value is -1.55. The van der Waals surface area contributed by atoms with Gasteiger partial charge in [-0.15, -0.1) is 0 Å². The highest BCUT2D eigenvalue weighted by molar-refractivity contribution is 5.17. The quantitative estimate of drug-likeness (QED) is 0.853. The normalized spacial score (nSPS) is 12.8. The van der Waals surface area contributed by atoms with Crippen molar-refractivity contribution in [3.63, 3.8) is 0 Å². The Morgan fingerprint density at radius 2 is 2.33 bits per heavy atom. The molecule has 1 N–H and O–H groups in total. The molecule has 1 unspecified atom stereocenters. The number of rotatable bonds is 6. The number of furan rings is 1. The summed E-state index contributed by atoms with van der Waals surface area (Å²) in [5, 5.41) is 8.00. The Morgan fingerprint density at radius 1 is 1.50 bits per heavy atom. The molecule has 0 aliphatic carbocycles. The highest BCUT2D eigenvalue weighted by Crippen LogP contribution is 2.19. The largest absolute Gasteiger partial charge is 0.472 e. The maximum Gasteiger partial charge on any atom is 0.0935 e. The molecule has 0 amide bonds. The molecule has 0 radical (unpaired) electrons. The first-order valence-electron chi connectivity index (χ1n) is 6.45. The van der Waals surface area contributed by atoms with Crippen molar-refractivity contribution in [1.82, 2.24) is 15.1 Å². The van der Waals surface area contributed by atoms with Crippen LogP contribution in [0.25, 0.3) is 0 Å². The summed E-state index contributed by atoms with van der Waals surface area (Å²) in [5.74, 6) is 0. The molecule has 98 valence electrons. The van der Waals surface area contributed by atoms with E-state index in [1.807, 2.05) is 31.0 Å². The molecule has 0 aliphatic heterocycles. The summed E-state index contributed by atoms with van der Waals surface area (Å²) in [4.78, 5) is 0. The van der Waals surface area contributed by atoms with E-state index in [9.17, 15) is 0 Å². The average Bonchev–Trinajstić information content (AvgIpc) is 2.94. The fourth-order valence-electron chi connectivity index (χ4n) is 2.20. The monoisotopic (exact) mass is 247 g/mol. The van der Waals surface area contributed by atoms with Crippen LogP contribution in [0.2, 0.25) is 0 Å². The van der Waals surface area contributed by atoms with Crippen molar-refractivity contribution in [2.24, 2.45) is 7.05 Å². The van der Waals surface area contributed by atoms with Crippen LogP contribution in [0.3, 0.4) is 0 Å². The van der Waals surface area contributed by atoms with Gasteiger partial charge in [-0.2, -0.15) is 5.10 Å². The van der Waals surface area contributed by atoms with Gasteiger partial charge in [0, 0.05) is 7.05 Å². The van der Waals surface area contributed by atoms with E-state index < -0.39 is 0 Å². The molecule has 0 saturated carbocycles. The molecule has 0 fully saturated rings. The SMILES string of the molecule is CCCNC(Cc1ccoc1)c1cc(C)nn1C. The lowest BCUT2D eigenvalue weighted by Gasteiger charge is -2.18. The van der Waals surface area contributed by atoms with Crippen LogP contribution in [-0.4, -0.2) is 16.3 Å². The third kappa shape index (κ3) is 3.01. The molecule has 0 saturated heterocycles. The maximum absolute atomic E-state index is 5.14. The lowest BCUT2D eigenvalue weighted by atomic mass is 10.1. The Labute approximate surface area is 108 Å². The van der Waals surface area contributed by atoms with Crippen LogP contribution in [0.1, 0.15) is 36.3 Å².